The minimum atomic E-state index is -0.165. The van der Waals surface area contributed by atoms with E-state index in [9.17, 15) is 0 Å². The summed E-state index contributed by atoms with van der Waals surface area (Å²) in [7, 11) is 1.67. The third-order valence-electron chi connectivity index (χ3n) is 3.47. The Balaban J connectivity index is 2.37. The summed E-state index contributed by atoms with van der Waals surface area (Å²) < 4.78 is 6.16. The largest absolute Gasteiger partial charge is 0.496 e. The second kappa shape index (κ2) is 3.22. The van der Waals surface area contributed by atoms with Crippen molar-refractivity contribution in [1.82, 2.24) is 0 Å². The van der Waals surface area contributed by atoms with Gasteiger partial charge >= 0.3 is 0 Å². The van der Waals surface area contributed by atoms with Crippen LogP contribution in [0.2, 0.25) is 0 Å². The Kier molecular flexibility index (Phi) is 2.36. The lowest BCUT2D eigenvalue weighted by molar-refractivity contribution is 0.411. The molecule has 0 bridgehead atoms. The van der Waals surface area contributed by atoms with Crippen molar-refractivity contribution in [3.63, 3.8) is 0 Å². The lowest BCUT2D eigenvalue weighted by Crippen LogP contribution is -2.25. The van der Waals surface area contributed by atoms with Crippen LogP contribution in [0.4, 0.5) is 0 Å². The van der Waals surface area contributed by atoms with Gasteiger partial charge in [-0.15, -0.1) is 0 Å². The summed E-state index contributed by atoms with van der Waals surface area (Å²) in [5.74, 6) is 0.848. The van der Waals surface area contributed by atoms with Crippen molar-refractivity contribution in [3.05, 3.63) is 28.2 Å². The fourth-order valence-electron chi connectivity index (χ4n) is 2.09. The van der Waals surface area contributed by atoms with Crippen LogP contribution in [-0.4, -0.2) is 7.11 Å². The van der Waals surface area contributed by atoms with Crippen LogP contribution in [0.5, 0.6) is 5.75 Å². The van der Waals surface area contributed by atoms with Crippen LogP contribution in [0.3, 0.4) is 0 Å². The van der Waals surface area contributed by atoms with E-state index in [4.69, 9.17) is 10.5 Å². The van der Waals surface area contributed by atoms with Gasteiger partial charge in [-0.1, -0.05) is 19.9 Å². The van der Waals surface area contributed by atoms with E-state index in [0.29, 0.717) is 0 Å². The molecule has 0 radical (unpaired) electrons. The van der Waals surface area contributed by atoms with Crippen molar-refractivity contribution in [2.45, 2.75) is 25.8 Å². The molecular formula is C12H16BrNO. The minimum Gasteiger partial charge on any atom is -0.496 e. The number of hydrogen-bond acceptors (Lipinski definition) is 2. The van der Waals surface area contributed by atoms with E-state index in [0.717, 1.165) is 16.6 Å². The standard InChI is InChI=1S/C12H16BrNO/c1-11(2)7-12(11,14)8-4-5-10(15-3)9(13)6-8/h4-6H,7,14H2,1-3H3. The Labute approximate surface area is 98.9 Å². The van der Waals surface area contributed by atoms with Gasteiger partial charge in [-0.3, -0.25) is 0 Å². The number of halogens is 1. The van der Waals surface area contributed by atoms with E-state index in [1.165, 1.54) is 5.56 Å². The first-order chi connectivity index (χ1) is 6.90. The van der Waals surface area contributed by atoms with Crippen molar-refractivity contribution in [2.24, 2.45) is 11.1 Å². The highest BCUT2D eigenvalue weighted by Gasteiger charge is 2.59. The maximum atomic E-state index is 6.34. The molecule has 1 saturated carbocycles. The van der Waals surface area contributed by atoms with Crippen molar-refractivity contribution < 1.29 is 4.74 Å². The summed E-state index contributed by atoms with van der Waals surface area (Å²) in [5, 5.41) is 0. The fourth-order valence-corrected chi connectivity index (χ4v) is 2.63. The van der Waals surface area contributed by atoms with Gasteiger partial charge in [0.1, 0.15) is 5.75 Å². The molecule has 0 amide bonds. The topological polar surface area (TPSA) is 35.2 Å². The van der Waals surface area contributed by atoms with Gasteiger partial charge in [0.15, 0.2) is 0 Å². The fraction of sp³-hybridized carbons (Fsp3) is 0.500. The van der Waals surface area contributed by atoms with Gasteiger partial charge in [0.2, 0.25) is 0 Å². The lowest BCUT2D eigenvalue weighted by Gasteiger charge is -2.16. The number of nitrogens with two attached hydrogens (primary N) is 1. The normalized spacial score (nSPS) is 27.5. The third-order valence-corrected chi connectivity index (χ3v) is 4.09. The van der Waals surface area contributed by atoms with Gasteiger partial charge < -0.3 is 10.5 Å². The van der Waals surface area contributed by atoms with Crippen LogP contribution in [-0.2, 0) is 5.54 Å². The van der Waals surface area contributed by atoms with E-state index < -0.39 is 0 Å². The molecule has 15 heavy (non-hydrogen) atoms. The Hall–Kier alpha value is -0.540. The van der Waals surface area contributed by atoms with Crippen molar-refractivity contribution in [2.75, 3.05) is 7.11 Å². The van der Waals surface area contributed by atoms with Crippen molar-refractivity contribution in [3.8, 4) is 5.75 Å². The maximum Gasteiger partial charge on any atom is 0.133 e. The molecule has 0 saturated heterocycles. The molecule has 1 aliphatic carbocycles. The second-order valence-corrected chi connectivity index (χ2v) is 5.74. The number of ether oxygens (including phenoxy) is 1. The molecule has 1 aromatic rings. The number of benzene rings is 1. The molecule has 0 aliphatic heterocycles. The zero-order valence-electron chi connectivity index (χ0n) is 9.30. The van der Waals surface area contributed by atoms with E-state index in [2.05, 4.69) is 41.9 Å². The maximum absolute atomic E-state index is 6.34. The van der Waals surface area contributed by atoms with Gasteiger partial charge in [-0.2, -0.15) is 0 Å². The molecular weight excluding hydrogens is 254 g/mol. The van der Waals surface area contributed by atoms with Gasteiger partial charge in [0, 0.05) is 5.54 Å². The summed E-state index contributed by atoms with van der Waals surface area (Å²) in [6.45, 7) is 4.40. The molecule has 2 N–H and O–H groups in total. The van der Waals surface area contributed by atoms with E-state index in [1.807, 2.05) is 6.07 Å². The Morgan fingerprint density at radius 2 is 2.00 bits per heavy atom. The average molecular weight is 270 g/mol. The summed E-state index contributed by atoms with van der Waals surface area (Å²) in [6.07, 6.45) is 1.04. The molecule has 1 aliphatic rings. The smallest absolute Gasteiger partial charge is 0.133 e. The van der Waals surface area contributed by atoms with E-state index in [1.54, 1.807) is 7.11 Å². The van der Waals surface area contributed by atoms with Crippen LogP contribution in [0.25, 0.3) is 0 Å². The van der Waals surface area contributed by atoms with Gasteiger partial charge in [0.05, 0.1) is 11.6 Å². The molecule has 1 fully saturated rings. The van der Waals surface area contributed by atoms with Crippen molar-refractivity contribution in [1.29, 1.82) is 0 Å². The quantitative estimate of drug-likeness (QED) is 0.896. The predicted molar refractivity (Wildman–Crippen MR) is 65.0 cm³/mol. The third kappa shape index (κ3) is 1.58. The van der Waals surface area contributed by atoms with Gasteiger partial charge in [-0.25, -0.2) is 0 Å². The van der Waals surface area contributed by atoms with Crippen LogP contribution < -0.4 is 10.5 Å². The van der Waals surface area contributed by atoms with Crippen molar-refractivity contribution >= 4 is 15.9 Å². The summed E-state index contributed by atoms with van der Waals surface area (Å²) in [4.78, 5) is 0. The molecule has 0 heterocycles. The van der Waals surface area contributed by atoms with Gasteiger partial charge in [0.25, 0.3) is 0 Å². The number of rotatable bonds is 2. The monoisotopic (exact) mass is 269 g/mol. The second-order valence-electron chi connectivity index (χ2n) is 4.88. The Morgan fingerprint density at radius 1 is 1.40 bits per heavy atom. The van der Waals surface area contributed by atoms with Crippen LogP contribution in [0.1, 0.15) is 25.8 Å². The first-order valence-corrected chi connectivity index (χ1v) is 5.83. The Bertz CT molecular complexity index is 403. The Morgan fingerprint density at radius 3 is 2.40 bits per heavy atom. The highest BCUT2D eigenvalue weighted by molar-refractivity contribution is 9.10. The average Bonchev–Trinajstić information content (AvgIpc) is 2.67. The van der Waals surface area contributed by atoms with E-state index in [-0.39, 0.29) is 11.0 Å². The molecule has 1 aromatic carbocycles. The molecule has 1 atom stereocenters. The molecule has 2 nitrogen and oxygen atoms in total. The molecule has 1 unspecified atom stereocenters. The molecule has 2 rings (SSSR count). The SMILES string of the molecule is COc1ccc(C2(N)CC2(C)C)cc1Br. The van der Waals surface area contributed by atoms with E-state index >= 15 is 0 Å². The molecule has 3 heteroatoms. The predicted octanol–water partition coefficient (Wildman–Crippen LogP) is 3.04. The summed E-state index contributed by atoms with van der Waals surface area (Å²) in [5.41, 5.74) is 7.57. The summed E-state index contributed by atoms with van der Waals surface area (Å²) in [6, 6.07) is 6.08. The minimum absolute atomic E-state index is 0.165. The summed E-state index contributed by atoms with van der Waals surface area (Å²) >= 11 is 3.48. The number of methoxy groups -OCH3 is 1. The van der Waals surface area contributed by atoms with Crippen LogP contribution in [0, 0.1) is 5.41 Å². The zero-order valence-corrected chi connectivity index (χ0v) is 10.9. The van der Waals surface area contributed by atoms with Crippen LogP contribution in [0.15, 0.2) is 22.7 Å². The van der Waals surface area contributed by atoms with Crippen LogP contribution >= 0.6 is 15.9 Å². The highest BCUT2D eigenvalue weighted by atomic mass is 79.9. The van der Waals surface area contributed by atoms with Gasteiger partial charge in [-0.05, 0) is 45.5 Å². The lowest BCUT2D eigenvalue weighted by atomic mass is 9.97. The first-order valence-electron chi connectivity index (χ1n) is 5.04. The number of hydrogen-bond donors (Lipinski definition) is 1. The first kappa shape index (κ1) is 11.0. The molecule has 82 valence electrons. The highest BCUT2D eigenvalue weighted by Crippen LogP contribution is 2.60. The molecule has 0 spiro atoms. The molecule has 0 aromatic heterocycles. The zero-order chi connectivity index (χ0) is 11.3.